The molecule has 1 amide bonds. The summed E-state index contributed by atoms with van der Waals surface area (Å²) in [4.78, 5) is 14.6. The normalized spacial score (nSPS) is 27.0. The van der Waals surface area contributed by atoms with Crippen LogP contribution >= 0.6 is 0 Å². The van der Waals surface area contributed by atoms with E-state index < -0.39 is 0 Å². The largest absolute Gasteiger partial charge is 0.331 e. The van der Waals surface area contributed by atoms with Gasteiger partial charge in [-0.2, -0.15) is 0 Å². The third-order valence-electron chi connectivity index (χ3n) is 4.81. The first-order chi connectivity index (χ1) is 10.1. The molecule has 1 aromatic carbocycles. The monoisotopic (exact) mass is 286 g/mol. The Kier molecular flexibility index (Phi) is 4.03. The van der Waals surface area contributed by atoms with Gasteiger partial charge in [0.1, 0.15) is 0 Å². The van der Waals surface area contributed by atoms with E-state index in [1.165, 1.54) is 11.1 Å². The van der Waals surface area contributed by atoms with Crippen molar-refractivity contribution in [3.8, 4) is 0 Å². The van der Waals surface area contributed by atoms with E-state index in [-0.39, 0.29) is 12.1 Å². The fourth-order valence-corrected chi connectivity index (χ4v) is 3.41. The predicted molar refractivity (Wildman–Crippen MR) is 85.0 cm³/mol. The summed E-state index contributed by atoms with van der Waals surface area (Å²) in [7, 11) is 0. The number of carbonyl (C=O) groups excluding carboxylic acids is 1. The molecule has 0 spiro atoms. The Hall–Kier alpha value is -1.35. The number of benzene rings is 1. The molecule has 2 N–H and O–H groups in total. The third-order valence-corrected chi connectivity index (χ3v) is 4.81. The van der Waals surface area contributed by atoms with Crippen molar-refractivity contribution in [1.82, 2.24) is 4.90 Å². The maximum Gasteiger partial charge on any atom is 0.223 e. The Bertz CT molecular complexity index is 504. The van der Waals surface area contributed by atoms with Crippen molar-refractivity contribution in [1.29, 1.82) is 0 Å². The van der Waals surface area contributed by atoms with Gasteiger partial charge in [0.2, 0.25) is 5.91 Å². The molecule has 2 unspecified atom stereocenters. The van der Waals surface area contributed by atoms with Crippen molar-refractivity contribution in [3.63, 3.8) is 0 Å². The smallest absolute Gasteiger partial charge is 0.223 e. The van der Waals surface area contributed by atoms with Crippen LogP contribution in [-0.4, -0.2) is 22.9 Å². The van der Waals surface area contributed by atoms with Gasteiger partial charge in [-0.25, -0.2) is 0 Å². The molecular formula is C18H26N2O. The van der Waals surface area contributed by atoms with E-state index in [1.807, 2.05) is 0 Å². The van der Waals surface area contributed by atoms with E-state index in [1.54, 1.807) is 0 Å². The van der Waals surface area contributed by atoms with Gasteiger partial charge in [-0.05, 0) is 42.7 Å². The van der Waals surface area contributed by atoms with Crippen LogP contribution in [0.15, 0.2) is 24.3 Å². The lowest BCUT2D eigenvalue weighted by Crippen LogP contribution is -2.43. The molecule has 1 aromatic rings. The topological polar surface area (TPSA) is 46.3 Å². The van der Waals surface area contributed by atoms with E-state index in [2.05, 4.69) is 43.0 Å². The van der Waals surface area contributed by atoms with Crippen molar-refractivity contribution in [2.24, 2.45) is 5.73 Å². The molecule has 1 saturated carbocycles. The Labute approximate surface area is 127 Å². The summed E-state index contributed by atoms with van der Waals surface area (Å²) < 4.78 is 0. The van der Waals surface area contributed by atoms with E-state index in [4.69, 9.17) is 5.73 Å². The summed E-state index contributed by atoms with van der Waals surface area (Å²) in [5.41, 5.74) is 8.97. The van der Waals surface area contributed by atoms with Crippen molar-refractivity contribution in [2.75, 3.05) is 0 Å². The maximum atomic E-state index is 12.5. The average molecular weight is 286 g/mol. The molecule has 3 heteroatoms. The highest BCUT2D eigenvalue weighted by molar-refractivity contribution is 5.78. The van der Waals surface area contributed by atoms with Crippen LogP contribution in [0.1, 0.15) is 69.0 Å². The van der Waals surface area contributed by atoms with Gasteiger partial charge in [-0.3, -0.25) is 4.79 Å². The van der Waals surface area contributed by atoms with Crippen LogP contribution in [0.5, 0.6) is 0 Å². The van der Waals surface area contributed by atoms with Gasteiger partial charge in [-0.1, -0.05) is 38.1 Å². The van der Waals surface area contributed by atoms with Crippen LogP contribution in [-0.2, 0) is 4.79 Å². The quantitative estimate of drug-likeness (QED) is 0.926. The van der Waals surface area contributed by atoms with Gasteiger partial charge in [0, 0.05) is 18.5 Å². The van der Waals surface area contributed by atoms with Gasteiger partial charge in [0.25, 0.3) is 0 Å². The molecular weight excluding hydrogens is 260 g/mol. The minimum atomic E-state index is 0.0574. The number of rotatable bonds is 3. The van der Waals surface area contributed by atoms with Crippen molar-refractivity contribution in [2.45, 2.75) is 70.0 Å². The molecule has 21 heavy (non-hydrogen) atoms. The first kappa shape index (κ1) is 14.6. The van der Waals surface area contributed by atoms with Crippen LogP contribution in [0.3, 0.4) is 0 Å². The molecule has 2 aliphatic rings. The standard InChI is InChI=1S/C18H26N2O/c1-12(2)13-6-8-14(9-7-13)18-16(19)4-3-5-17(21)20(18)15-10-11-15/h6-9,12,15-16,18H,3-5,10-11,19H2,1-2H3. The molecule has 0 aromatic heterocycles. The summed E-state index contributed by atoms with van der Waals surface area (Å²) in [6.07, 6.45) is 4.79. The van der Waals surface area contributed by atoms with E-state index in [0.29, 0.717) is 24.3 Å². The predicted octanol–water partition coefficient (Wildman–Crippen LogP) is 3.35. The molecule has 3 nitrogen and oxygen atoms in total. The number of carbonyl (C=O) groups is 1. The summed E-state index contributed by atoms with van der Waals surface area (Å²) >= 11 is 0. The molecule has 114 valence electrons. The summed E-state index contributed by atoms with van der Waals surface area (Å²) in [6.45, 7) is 4.40. The zero-order chi connectivity index (χ0) is 15.0. The molecule has 1 aliphatic carbocycles. The Balaban J connectivity index is 1.92. The minimum absolute atomic E-state index is 0.0574. The zero-order valence-corrected chi connectivity index (χ0v) is 13.1. The first-order valence-electron chi connectivity index (χ1n) is 8.24. The van der Waals surface area contributed by atoms with Gasteiger partial charge < -0.3 is 10.6 Å². The molecule has 2 fully saturated rings. The van der Waals surface area contributed by atoms with Crippen LogP contribution in [0, 0.1) is 0 Å². The molecule has 1 heterocycles. The second-order valence-corrected chi connectivity index (χ2v) is 6.85. The number of likely N-dealkylation sites (tertiary alicyclic amines) is 1. The van der Waals surface area contributed by atoms with Gasteiger partial charge >= 0.3 is 0 Å². The highest BCUT2D eigenvalue weighted by Gasteiger charge is 2.41. The van der Waals surface area contributed by atoms with Crippen molar-refractivity contribution >= 4 is 5.91 Å². The van der Waals surface area contributed by atoms with Crippen molar-refractivity contribution in [3.05, 3.63) is 35.4 Å². The molecule has 2 atom stereocenters. The third kappa shape index (κ3) is 2.98. The Morgan fingerprint density at radius 3 is 2.38 bits per heavy atom. The molecule has 0 radical (unpaired) electrons. The first-order valence-corrected chi connectivity index (χ1v) is 8.24. The maximum absolute atomic E-state index is 12.5. The second-order valence-electron chi connectivity index (χ2n) is 6.85. The molecule has 3 rings (SSSR count). The SMILES string of the molecule is CC(C)c1ccc(C2C(N)CCCC(=O)N2C2CC2)cc1. The van der Waals surface area contributed by atoms with E-state index in [0.717, 1.165) is 25.7 Å². The molecule has 0 bridgehead atoms. The lowest BCUT2D eigenvalue weighted by Gasteiger charge is -2.34. The number of nitrogens with two attached hydrogens (primary N) is 1. The number of hydrogen-bond donors (Lipinski definition) is 1. The van der Waals surface area contributed by atoms with Crippen LogP contribution < -0.4 is 5.73 Å². The highest BCUT2D eigenvalue weighted by atomic mass is 16.2. The van der Waals surface area contributed by atoms with Gasteiger partial charge in [0.05, 0.1) is 6.04 Å². The lowest BCUT2D eigenvalue weighted by molar-refractivity contribution is -0.133. The van der Waals surface area contributed by atoms with Crippen molar-refractivity contribution < 1.29 is 4.79 Å². The summed E-state index contributed by atoms with van der Waals surface area (Å²) in [5.74, 6) is 0.825. The number of hydrogen-bond acceptors (Lipinski definition) is 2. The zero-order valence-electron chi connectivity index (χ0n) is 13.1. The number of amides is 1. The molecule has 1 saturated heterocycles. The summed E-state index contributed by atoms with van der Waals surface area (Å²) in [5, 5.41) is 0. The average Bonchev–Trinajstić information content (AvgIpc) is 3.28. The van der Waals surface area contributed by atoms with Crippen LogP contribution in [0.2, 0.25) is 0 Å². The minimum Gasteiger partial charge on any atom is -0.331 e. The van der Waals surface area contributed by atoms with Gasteiger partial charge in [-0.15, -0.1) is 0 Å². The molecule has 1 aliphatic heterocycles. The second kappa shape index (κ2) is 5.80. The van der Waals surface area contributed by atoms with Crippen LogP contribution in [0.25, 0.3) is 0 Å². The van der Waals surface area contributed by atoms with E-state index in [9.17, 15) is 4.79 Å². The Morgan fingerprint density at radius 1 is 1.14 bits per heavy atom. The summed E-state index contributed by atoms with van der Waals surface area (Å²) in [6, 6.07) is 9.27. The Morgan fingerprint density at radius 2 is 1.81 bits per heavy atom. The fourth-order valence-electron chi connectivity index (χ4n) is 3.41. The van der Waals surface area contributed by atoms with E-state index >= 15 is 0 Å². The lowest BCUT2D eigenvalue weighted by atomic mass is 9.93. The highest BCUT2D eigenvalue weighted by Crippen LogP contribution is 2.39. The van der Waals surface area contributed by atoms with Crippen LogP contribution in [0.4, 0.5) is 0 Å². The van der Waals surface area contributed by atoms with Gasteiger partial charge in [0.15, 0.2) is 0 Å². The number of nitrogens with zero attached hydrogens (tertiary/aromatic N) is 1. The fraction of sp³-hybridized carbons (Fsp3) is 0.611.